The van der Waals surface area contributed by atoms with Crippen LogP contribution in [0.1, 0.15) is 38.5 Å². The van der Waals surface area contributed by atoms with Crippen molar-refractivity contribution in [3.05, 3.63) is 0 Å². The highest BCUT2D eigenvalue weighted by molar-refractivity contribution is 6.27. The van der Waals surface area contributed by atoms with Gasteiger partial charge in [-0.15, -0.1) is 0 Å². The third kappa shape index (κ3) is 3.24. The molecule has 2 aliphatic carbocycles. The minimum atomic E-state index is -1.82. The zero-order chi connectivity index (χ0) is 16.4. The molecule has 6 N–H and O–H groups in total. The molecule has 2 aliphatic heterocycles. The number of rotatable bonds is 0. The third-order valence-electron chi connectivity index (χ3n) is 5.03. The summed E-state index contributed by atoms with van der Waals surface area (Å²) in [6, 6.07) is 0.715. The number of carboxylic acid groups (broad SMARTS) is 2. The zero-order valence-electron chi connectivity index (χ0n) is 12.5. The highest BCUT2D eigenvalue weighted by Gasteiger charge is 2.51. The normalized spacial score (nSPS) is 31.7. The van der Waals surface area contributed by atoms with Gasteiger partial charge in [-0.1, -0.05) is 0 Å². The largest absolute Gasteiger partial charge is 0.473 e. The van der Waals surface area contributed by atoms with Gasteiger partial charge >= 0.3 is 11.9 Å². The van der Waals surface area contributed by atoms with Crippen LogP contribution in [0, 0.1) is 0 Å². The van der Waals surface area contributed by atoms with Crippen molar-refractivity contribution in [3.63, 3.8) is 0 Å². The summed E-state index contributed by atoms with van der Waals surface area (Å²) >= 11 is 0. The van der Waals surface area contributed by atoms with Gasteiger partial charge in [0.15, 0.2) is 0 Å². The van der Waals surface area contributed by atoms with E-state index in [9.17, 15) is 0 Å². The van der Waals surface area contributed by atoms with E-state index in [-0.39, 0.29) is 11.2 Å². The van der Waals surface area contributed by atoms with Gasteiger partial charge in [-0.25, -0.2) is 9.59 Å². The molecular formula is C14H24N2O6. The zero-order valence-corrected chi connectivity index (χ0v) is 12.5. The molecule has 126 valence electrons. The van der Waals surface area contributed by atoms with Crippen molar-refractivity contribution in [1.29, 1.82) is 0 Å². The summed E-state index contributed by atoms with van der Waals surface area (Å²) in [6.07, 6.45) is 7.44. The number of nitrogens with two attached hydrogens (primary N) is 2. The topological polar surface area (TPSA) is 145 Å². The Hall–Kier alpha value is -1.22. The van der Waals surface area contributed by atoms with E-state index < -0.39 is 11.9 Å². The molecule has 0 amide bonds. The Bertz CT molecular complexity index is 382. The van der Waals surface area contributed by atoms with Crippen LogP contribution in [0.4, 0.5) is 0 Å². The van der Waals surface area contributed by atoms with Crippen LogP contribution in [0.25, 0.3) is 0 Å². The van der Waals surface area contributed by atoms with Crippen LogP contribution in [0.2, 0.25) is 0 Å². The van der Waals surface area contributed by atoms with E-state index in [0.29, 0.717) is 12.1 Å². The second-order valence-corrected chi connectivity index (χ2v) is 6.28. The Morgan fingerprint density at radius 2 is 1.14 bits per heavy atom. The van der Waals surface area contributed by atoms with Gasteiger partial charge in [0.05, 0.1) is 36.5 Å². The van der Waals surface area contributed by atoms with E-state index in [2.05, 4.69) is 0 Å². The first kappa shape index (κ1) is 17.1. The second kappa shape index (κ2) is 6.49. The molecule has 8 heteroatoms. The molecule has 0 aromatic carbocycles. The molecule has 8 nitrogen and oxygen atoms in total. The van der Waals surface area contributed by atoms with Crippen molar-refractivity contribution in [3.8, 4) is 0 Å². The lowest BCUT2D eigenvalue weighted by molar-refractivity contribution is -0.208. The van der Waals surface area contributed by atoms with Crippen molar-refractivity contribution >= 4 is 11.9 Å². The Labute approximate surface area is 128 Å². The molecule has 2 heterocycles. The maximum atomic E-state index is 9.10. The minimum Gasteiger partial charge on any atom is -0.473 e. The second-order valence-electron chi connectivity index (χ2n) is 6.28. The van der Waals surface area contributed by atoms with E-state index in [1.54, 1.807) is 0 Å². The number of carboxylic acids is 2. The smallest absolute Gasteiger partial charge is 0.414 e. The maximum Gasteiger partial charge on any atom is 0.414 e. The van der Waals surface area contributed by atoms with Crippen LogP contribution in [-0.4, -0.2) is 58.7 Å². The lowest BCUT2D eigenvalue weighted by Crippen LogP contribution is -2.66. The highest BCUT2D eigenvalue weighted by atomic mass is 16.5. The van der Waals surface area contributed by atoms with Gasteiger partial charge in [0, 0.05) is 0 Å². The van der Waals surface area contributed by atoms with Crippen LogP contribution in [-0.2, 0) is 19.1 Å². The first-order valence-corrected chi connectivity index (χ1v) is 7.57. The third-order valence-corrected chi connectivity index (χ3v) is 5.03. The fourth-order valence-electron chi connectivity index (χ4n) is 2.91. The van der Waals surface area contributed by atoms with Crippen LogP contribution in [0.15, 0.2) is 0 Å². The van der Waals surface area contributed by atoms with Crippen molar-refractivity contribution in [1.82, 2.24) is 0 Å². The molecule has 0 bridgehead atoms. The lowest BCUT2D eigenvalue weighted by Gasteiger charge is -2.53. The minimum absolute atomic E-state index is 0.181. The van der Waals surface area contributed by atoms with Crippen molar-refractivity contribution in [2.24, 2.45) is 11.5 Å². The Morgan fingerprint density at radius 3 is 1.14 bits per heavy atom. The summed E-state index contributed by atoms with van der Waals surface area (Å²) in [7, 11) is 0. The molecule has 2 saturated carbocycles. The van der Waals surface area contributed by atoms with Crippen molar-refractivity contribution in [2.45, 2.75) is 61.8 Å². The van der Waals surface area contributed by atoms with Crippen LogP contribution >= 0.6 is 0 Å². The Balaban J connectivity index is 0.000000123. The number of hydrogen-bond donors (Lipinski definition) is 4. The highest BCUT2D eigenvalue weighted by Crippen LogP contribution is 2.44. The molecule has 4 fully saturated rings. The van der Waals surface area contributed by atoms with Gasteiger partial charge in [0.25, 0.3) is 0 Å². The van der Waals surface area contributed by atoms with Gasteiger partial charge in [-0.05, 0) is 38.5 Å². The van der Waals surface area contributed by atoms with Crippen molar-refractivity contribution < 1.29 is 29.3 Å². The van der Waals surface area contributed by atoms with Crippen molar-refractivity contribution in [2.75, 3.05) is 13.2 Å². The standard InChI is InChI=1S/2C6H11NO.C2H2O4/c2*7-5-4-8-6(5)2-1-3-6;3-1(4)2(5)6/h2*5H,1-4,7H2;(H,3,4)(H,5,6). The summed E-state index contributed by atoms with van der Waals surface area (Å²) in [5, 5.41) is 14.8. The number of aliphatic carboxylic acids is 2. The number of ether oxygens (including phenoxy) is 2. The summed E-state index contributed by atoms with van der Waals surface area (Å²) < 4.78 is 10.7. The quantitative estimate of drug-likeness (QED) is 0.445. The molecule has 2 unspecified atom stereocenters. The fraction of sp³-hybridized carbons (Fsp3) is 0.857. The Kier molecular flexibility index (Phi) is 5.06. The molecule has 22 heavy (non-hydrogen) atoms. The summed E-state index contributed by atoms with van der Waals surface area (Å²) in [6.45, 7) is 1.58. The Morgan fingerprint density at radius 1 is 0.818 bits per heavy atom. The van der Waals surface area contributed by atoms with Gasteiger partial charge in [-0.3, -0.25) is 0 Å². The maximum absolute atomic E-state index is 9.10. The molecule has 0 radical (unpaired) electrons. The first-order valence-electron chi connectivity index (χ1n) is 7.57. The van der Waals surface area contributed by atoms with Gasteiger partial charge in [-0.2, -0.15) is 0 Å². The molecule has 4 aliphatic rings. The molecule has 4 rings (SSSR count). The van der Waals surface area contributed by atoms with E-state index >= 15 is 0 Å². The average Bonchev–Trinajstić information content (AvgIpc) is 2.33. The van der Waals surface area contributed by atoms with Crippen LogP contribution < -0.4 is 11.5 Å². The van der Waals surface area contributed by atoms with Crippen LogP contribution in [0.5, 0.6) is 0 Å². The molecule has 0 aromatic rings. The summed E-state index contributed by atoms with van der Waals surface area (Å²) in [5.74, 6) is -3.65. The molecule has 2 saturated heterocycles. The number of hydrogen-bond acceptors (Lipinski definition) is 6. The van der Waals surface area contributed by atoms with E-state index in [4.69, 9.17) is 40.7 Å². The van der Waals surface area contributed by atoms with E-state index in [0.717, 1.165) is 13.2 Å². The monoisotopic (exact) mass is 316 g/mol. The molecule has 0 aromatic heterocycles. The first-order chi connectivity index (χ1) is 10.3. The van der Waals surface area contributed by atoms with Gasteiger partial charge < -0.3 is 31.2 Å². The molecular weight excluding hydrogens is 292 g/mol. The SMILES string of the molecule is NC1COC12CCC2.NC1COC12CCC2.O=C(O)C(=O)O. The predicted molar refractivity (Wildman–Crippen MR) is 76.3 cm³/mol. The molecule has 2 atom stereocenters. The van der Waals surface area contributed by atoms with E-state index in [1.165, 1.54) is 38.5 Å². The number of carbonyl (C=O) groups is 2. The fourth-order valence-corrected chi connectivity index (χ4v) is 2.91. The average molecular weight is 316 g/mol. The van der Waals surface area contributed by atoms with Gasteiger partial charge in [0.2, 0.25) is 0 Å². The lowest BCUT2D eigenvalue weighted by atomic mass is 9.72. The summed E-state index contributed by atoms with van der Waals surface area (Å²) in [4.78, 5) is 18.2. The summed E-state index contributed by atoms with van der Waals surface area (Å²) in [5.41, 5.74) is 11.7. The van der Waals surface area contributed by atoms with E-state index in [1.807, 2.05) is 0 Å². The predicted octanol–water partition coefficient (Wildman–Crippen LogP) is -0.311. The van der Waals surface area contributed by atoms with Crippen LogP contribution in [0.3, 0.4) is 0 Å². The van der Waals surface area contributed by atoms with Gasteiger partial charge in [0.1, 0.15) is 0 Å². The molecule has 2 spiro atoms.